The highest BCUT2D eigenvalue weighted by atomic mass is 16.6. The Morgan fingerprint density at radius 2 is 1.79 bits per heavy atom. The van der Waals surface area contributed by atoms with Crippen LogP contribution >= 0.6 is 0 Å². The molecule has 1 heterocycles. The number of carbonyl (C=O) groups is 3. The van der Waals surface area contributed by atoms with Crippen molar-refractivity contribution in [3.63, 3.8) is 0 Å². The summed E-state index contributed by atoms with van der Waals surface area (Å²) in [5.41, 5.74) is -1.18. The van der Waals surface area contributed by atoms with Gasteiger partial charge in [0.05, 0.1) is 7.11 Å². The lowest BCUT2D eigenvalue weighted by Gasteiger charge is -2.28. The third kappa shape index (κ3) is 5.25. The van der Waals surface area contributed by atoms with Crippen molar-refractivity contribution >= 4 is 18.0 Å². The Morgan fingerprint density at radius 3 is 2.29 bits per heavy atom. The van der Waals surface area contributed by atoms with Gasteiger partial charge in [0.1, 0.15) is 11.1 Å². The van der Waals surface area contributed by atoms with Crippen LogP contribution in [-0.4, -0.2) is 47.2 Å². The van der Waals surface area contributed by atoms with Gasteiger partial charge in [-0.15, -0.1) is 0 Å². The number of esters is 1. The Balaban J connectivity index is 2.90. The van der Waals surface area contributed by atoms with Gasteiger partial charge >= 0.3 is 12.1 Å². The summed E-state index contributed by atoms with van der Waals surface area (Å²) in [6, 6.07) is -0.0486. The van der Waals surface area contributed by atoms with Crippen molar-refractivity contribution in [2.45, 2.75) is 71.6 Å². The Morgan fingerprint density at radius 1 is 1.21 bits per heavy atom. The van der Waals surface area contributed by atoms with Crippen LogP contribution in [-0.2, 0) is 19.1 Å². The SMILES string of the molecule is COC(=O)C(C)(C)NC(=O)/C=C1\CC[C@H](C)N1C(=O)OC(C)(C)C. The molecule has 0 aromatic heterocycles. The maximum atomic E-state index is 12.4. The van der Waals surface area contributed by atoms with Crippen LogP contribution in [0.3, 0.4) is 0 Å². The van der Waals surface area contributed by atoms with E-state index in [-0.39, 0.29) is 6.04 Å². The van der Waals surface area contributed by atoms with Gasteiger partial charge in [-0.05, 0) is 54.4 Å². The summed E-state index contributed by atoms with van der Waals surface area (Å²) in [6.45, 7) is 10.4. The number of carbonyl (C=O) groups excluding carboxylic acids is 3. The highest BCUT2D eigenvalue weighted by Crippen LogP contribution is 2.29. The highest BCUT2D eigenvalue weighted by Gasteiger charge is 2.35. The van der Waals surface area contributed by atoms with E-state index in [2.05, 4.69) is 10.1 Å². The molecular formula is C17H28N2O5. The number of hydrogen-bond acceptors (Lipinski definition) is 5. The predicted octanol–water partition coefficient (Wildman–Crippen LogP) is 2.36. The zero-order valence-electron chi connectivity index (χ0n) is 15.6. The molecular weight excluding hydrogens is 312 g/mol. The van der Waals surface area contributed by atoms with Crippen LogP contribution in [0, 0.1) is 0 Å². The lowest BCUT2D eigenvalue weighted by atomic mass is 10.1. The zero-order chi connectivity index (χ0) is 18.7. The molecule has 1 N–H and O–H groups in total. The minimum Gasteiger partial charge on any atom is -0.467 e. The summed E-state index contributed by atoms with van der Waals surface area (Å²) in [6.07, 6.45) is 2.21. The van der Waals surface area contributed by atoms with E-state index in [1.807, 2.05) is 6.92 Å². The molecule has 1 rings (SSSR count). The number of likely N-dealkylation sites (tertiary alicyclic amines) is 1. The van der Waals surface area contributed by atoms with Crippen molar-refractivity contribution in [3.05, 3.63) is 11.8 Å². The molecule has 0 aromatic rings. The second-order valence-electron chi connectivity index (χ2n) is 7.48. The highest BCUT2D eigenvalue weighted by molar-refractivity contribution is 5.94. The average Bonchev–Trinajstić information content (AvgIpc) is 2.75. The molecule has 7 nitrogen and oxygen atoms in total. The molecule has 7 heteroatoms. The lowest BCUT2D eigenvalue weighted by Crippen LogP contribution is -2.50. The first-order valence-electron chi connectivity index (χ1n) is 8.00. The van der Waals surface area contributed by atoms with Gasteiger partial charge in [-0.1, -0.05) is 0 Å². The van der Waals surface area contributed by atoms with E-state index in [1.54, 1.807) is 34.6 Å². The Hall–Kier alpha value is -2.05. The zero-order valence-corrected chi connectivity index (χ0v) is 15.6. The fourth-order valence-corrected chi connectivity index (χ4v) is 2.44. The minimum absolute atomic E-state index is 0.0486. The first-order chi connectivity index (χ1) is 10.9. The summed E-state index contributed by atoms with van der Waals surface area (Å²) in [4.78, 5) is 37.7. The van der Waals surface area contributed by atoms with E-state index < -0.39 is 29.1 Å². The van der Waals surface area contributed by atoms with E-state index in [0.717, 1.165) is 6.42 Å². The van der Waals surface area contributed by atoms with Crippen molar-refractivity contribution in [1.29, 1.82) is 0 Å². The fourth-order valence-electron chi connectivity index (χ4n) is 2.44. The number of hydrogen-bond donors (Lipinski definition) is 1. The number of methoxy groups -OCH3 is 1. The molecule has 24 heavy (non-hydrogen) atoms. The molecule has 0 saturated carbocycles. The van der Waals surface area contributed by atoms with Crippen LogP contribution in [0.2, 0.25) is 0 Å². The molecule has 1 aliphatic heterocycles. The van der Waals surface area contributed by atoms with Crippen LogP contribution in [0.1, 0.15) is 54.4 Å². The summed E-state index contributed by atoms with van der Waals surface area (Å²) in [7, 11) is 1.26. The first kappa shape index (κ1) is 20.0. The summed E-state index contributed by atoms with van der Waals surface area (Å²) in [5.74, 6) is -0.999. The van der Waals surface area contributed by atoms with Crippen LogP contribution in [0.25, 0.3) is 0 Å². The molecule has 1 aliphatic rings. The topological polar surface area (TPSA) is 84.9 Å². The van der Waals surface area contributed by atoms with Crippen molar-refractivity contribution < 1.29 is 23.9 Å². The first-order valence-corrected chi connectivity index (χ1v) is 8.00. The molecule has 1 atom stereocenters. The second-order valence-corrected chi connectivity index (χ2v) is 7.48. The molecule has 0 spiro atoms. The summed E-state index contributed by atoms with van der Waals surface area (Å²) < 4.78 is 10.1. The molecule has 0 radical (unpaired) electrons. The minimum atomic E-state index is -1.15. The van der Waals surface area contributed by atoms with E-state index in [1.165, 1.54) is 18.1 Å². The Kier molecular flexibility index (Phi) is 6.03. The van der Waals surface area contributed by atoms with Gasteiger partial charge in [0, 0.05) is 17.8 Å². The monoisotopic (exact) mass is 340 g/mol. The van der Waals surface area contributed by atoms with E-state index >= 15 is 0 Å². The van der Waals surface area contributed by atoms with Gasteiger partial charge in [-0.25, -0.2) is 9.59 Å². The van der Waals surface area contributed by atoms with Gasteiger partial charge in [0.15, 0.2) is 0 Å². The fraction of sp³-hybridized carbons (Fsp3) is 0.706. The van der Waals surface area contributed by atoms with Gasteiger partial charge in [-0.2, -0.15) is 0 Å². The Labute approximate surface area is 143 Å². The quantitative estimate of drug-likeness (QED) is 0.630. The lowest BCUT2D eigenvalue weighted by molar-refractivity contribution is -0.148. The van der Waals surface area contributed by atoms with Gasteiger partial charge in [0.2, 0.25) is 5.91 Å². The normalized spacial score (nSPS) is 20.0. The van der Waals surface area contributed by atoms with Crippen LogP contribution in [0.15, 0.2) is 11.8 Å². The smallest absolute Gasteiger partial charge is 0.414 e. The predicted molar refractivity (Wildman–Crippen MR) is 89.1 cm³/mol. The summed E-state index contributed by atoms with van der Waals surface area (Å²) in [5, 5.41) is 2.59. The molecule has 2 amide bonds. The molecule has 1 fully saturated rings. The molecule has 0 aromatic carbocycles. The molecule has 0 aliphatic carbocycles. The van der Waals surface area contributed by atoms with Crippen molar-refractivity contribution in [3.8, 4) is 0 Å². The van der Waals surface area contributed by atoms with Crippen LogP contribution in [0.5, 0.6) is 0 Å². The van der Waals surface area contributed by atoms with E-state index in [4.69, 9.17) is 4.74 Å². The molecule has 1 saturated heterocycles. The number of nitrogens with one attached hydrogen (secondary N) is 1. The molecule has 0 bridgehead atoms. The summed E-state index contributed by atoms with van der Waals surface area (Å²) >= 11 is 0. The number of nitrogens with zero attached hydrogens (tertiary/aromatic N) is 1. The number of amides is 2. The van der Waals surface area contributed by atoms with Crippen molar-refractivity contribution in [2.24, 2.45) is 0 Å². The van der Waals surface area contributed by atoms with E-state index in [9.17, 15) is 14.4 Å². The third-order valence-corrected chi connectivity index (χ3v) is 3.59. The standard InChI is InChI=1S/C17H28N2O5/c1-11-8-9-12(19(11)15(22)24-16(2,3)4)10-13(20)18-17(5,6)14(21)23-7/h10-11H,8-9H2,1-7H3,(H,18,20)/b12-10+/t11-/m0/s1. The number of allylic oxidation sites excluding steroid dienone is 1. The van der Waals surface area contributed by atoms with Crippen LogP contribution in [0.4, 0.5) is 4.79 Å². The van der Waals surface area contributed by atoms with Gasteiger partial charge in [0.25, 0.3) is 0 Å². The van der Waals surface area contributed by atoms with Gasteiger partial charge in [-0.3, -0.25) is 9.69 Å². The molecule has 136 valence electrons. The molecule has 0 unspecified atom stereocenters. The maximum Gasteiger partial charge on any atom is 0.414 e. The Bertz CT molecular complexity index is 546. The largest absolute Gasteiger partial charge is 0.467 e. The number of ether oxygens (including phenoxy) is 2. The van der Waals surface area contributed by atoms with Gasteiger partial charge < -0.3 is 14.8 Å². The second kappa shape index (κ2) is 7.23. The average molecular weight is 340 g/mol. The maximum absolute atomic E-state index is 12.4. The van der Waals surface area contributed by atoms with Crippen molar-refractivity contribution in [1.82, 2.24) is 10.2 Å². The van der Waals surface area contributed by atoms with Crippen LogP contribution < -0.4 is 5.32 Å². The number of rotatable bonds is 3. The van der Waals surface area contributed by atoms with Crippen molar-refractivity contribution in [2.75, 3.05) is 7.11 Å². The third-order valence-electron chi connectivity index (χ3n) is 3.59. The van der Waals surface area contributed by atoms with E-state index in [0.29, 0.717) is 12.1 Å².